The molecule has 1 saturated heterocycles. The van der Waals surface area contributed by atoms with Crippen LogP contribution in [0.1, 0.15) is 19.3 Å². The van der Waals surface area contributed by atoms with Crippen LogP contribution in [0.25, 0.3) is 10.9 Å². The number of aromatic nitrogens is 4. The van der Waals surface area contributed by atoms with Crippen LogP contribution >= 0.6 is 0 Å². The van der Waals surface area contributed by atoms with Gasteiger partial charge in [-0.15, -0.1) is 0 Å². The molecular formula is C19H24N6O. The van der Waals surface area contributed by atoms with E-state index in [0.29, 0.717) is 12.5 Å². The van der Waals surface area contributed by atoms with Gasteiger partial charge in [0.1, 0.15) is 5.82 Å². The molecule has 0 bridgehead atoms. The monoisotopic (exact) mass is 352 g/mol. The Kier molecular flexibility index (Phi) is 4.97. The first kappa shape index (κ1) is 16.8. The maximum Gasteiger partial charge on any atom is 0.224 e. The molecular weight excluding hydrogens is 328 g/mol. The van der Waals surface area contributed by atoms with Gasteiger partial charge < -0.3 is 15.3 Å². The number of fused-ring (bicyclic) bond motifs is 1. The average Bonchev–Trinajstić information content (AvgIpc) is 3.09. The van der Waals surface area contributed by atoms with Gasteiger partial charge in [0.05, 0.1) is 17.8 Å². The standard InChI is InChI=1S/C19H24N6O/c26-16-6-3-11-24(14-16)18-8-10-21-19(23-18)20-9-4-12-25-17-7-2-1-5-15(17)13-22-25/h1-2,5,7-8,10,13,16,26H,3-4,6,9,11-12,14H2,(H,20,21,23)/t16-/m0/s1. The number of β-amino-alcohol motifs (C(OH)–C–C–N with tert-alkyl or cyclic N) is 1. The van der Waals surface area contributed by atoms with Crippen molar-refractivity contribution in [2.24, 2.45) is 0 Å². The Labute approximate surface area is 152 Å². The highest BCUT2D eigenvalue weighted by atomic mass is 16.3. The highest BCUT2D eigenvalue weighted by Crippen LogP contribution is 2.18. The highest BCUT2D eigenvalue weighted by Gasteiger charge is 2.19. The van der Waals surface area contributed by atoms with Crippen LogP contribution in [0.5, 0.6) is 0 Å². The molecule has 7 nitrogen and oxygen atoms in total. The molecule has 2 aromatic heterocycles. The molecule has 7 heteroatoms. The van der Waals surface area contributed by atoms with Crippen LogP contribution in [0.15, 0.2) is 42.7 Å². The van der Waals surface area contributed by atoms with E-state index in [2.05, 4.69) is 37.4 Å². The second-order valence-corrected chi connectivity index (χ2v) is 6.69. The lowest BCUT2D eigenvalue weighted by Gasteiger charge is -2.31. The van der Waals surface area contributed by atoms with E-state index in [0.717, 1.165) is 50.2 Å². The molecule has 0 spiro atoms. The second-order valence-electron chi connectivity index (χ2n) is 6.69. The Hall–Kier alpha value is -2.67. The lowest BCUT2D eigenvalue weighted by Crippen LogP contribution is -2.38. The molecule has 1 fully saturated rings. The smallest absolute Gasteiger partial charge is 0.224 e. The molecule has 3 heterocycles. The van der Waals surface area contributed by atoms with Gasteiger partial charge >= 0.3 is 0 Å². The summed E-state index contributed by atoms with van der Waals surface area (Å²) in [4.78, 5) is 11.0. The maximum absolute atomic E-state index is 9.84. The summed E-state index contributed by atoms with van der Waals surface area (Å²) in [7, 11) is 0. The molecule has 0 unspecified atom stereocenters. The van der Waals surface area contributed by atoms with Crippen molar-refractivity contribution in [3.63, 3.8) is 0 Å². The summed E-state index contributed by atoms with van der Waals surface area (Å²) in [5, 5.41) is 18.8. The number of nitrogens with zero attached hydrogens (tertiary/aromatic N) is 5. The Morgan fingerprint density at radius 3 is 3.08 bits per heavy atom. The quantitative estimate of drug-likeness (QED) is 0.663. The predicted octanol–water partition coefficient (Wildman–Crippen LogP) is 2.29. The number of hydrogen-bond acceptors (Lipinski definition) is 6. The van der Waals surface area contributed by atoms with E-state index in [4.69, 9.17) is 0 Å². The van der Waals surface area contributed by atoms with Crippen molar-refractivity contribution in [1.82, 2.24) is 19.7 Å². The zero-order valence-electron chi connectivity index (χ0n) is 14.8. The minimum atomic E-state index is -0.265. The molecule has 2 N–H and O–H groups in total. The molecule has 0 aliphatic carbocycles. The Morgan fingerprint density at radius 1 is 1.23 bits per heavy atom. The number of hydrogen-bond donors (Lipinski definition) is 2. The van der Waals surface area contributed by atoms with Crippen LogP contribution < -0.4 is 10.2 Å². The van der Waals surface area contributed by atoms with Crippen molar-refractivity contribution in [2.75, 3.05) is 29.9 Å². The summed E-state index contributed by atoms with van der Waals surface area (Å²) in [6, 6.07) is 10.1. The van der Waals surface area contributed by atoms with E-state index >= 15 is 0 Å². The van der Waals surface area contributed by atoms with Gasteiger partial charge in [0.2, 0.25) is 5.95 Å². The van der Waals surface area contributed by atoms with Crippen LogP contribution in [0, 0.1) is 0 Å². The molecule has 1 atom stereocenters. The number of aryl methyl sites for hydroxylation is 1. The molecule has 0 amide bonds. The molecule has 4 rings (SSSR count). The largest absolute Gasteiger partial charge is 0.391 e. The molecule has 136 valence electrons. The first-order valence-corrected chi connectivity index (χ1v) is 9.20. The van der Waals surface area contributed by atoms with Gasteiger partial charge in [-0.1, -0.05) is 18.2 Å². The van der Waals surface area contributed by atoms with Crippen molar-refractivity contribution >= 4 is 22.7 Å². The van der Waals surface area contributed by atoms with Gasteiger partial charge in [0.15, 0.2) is 0 Å². The fourth-order valence-corrected chi connectivity index (χ4v) is 3.41. The van der Waals surface area contributed by atoms with E-state index in [1.54, 1.807) is 6.20 Å². The first-order chi connectivity index (χ1) is 12.8. The maximum atomic E-state index is 9.84. The van der Waals surface area contributed by atoms with Gasteiger partial charge in [-0.2, -0.15) is 10.1 Å². The molecule has 1 aromatic carbocycles. The molecule has 1 aliphatic rings. The van der Waals surface area contributed by atoms with E-state index in [1.807, 2.05) is 29.1 Å². The zero-order valence-corrected chi connectivity index (χ0v) is 14.8. The van der Waals surface area contributed by atoms with Crippen molar-refractivity contribution < 1.29 is 5.11 Å². The molecule has 3 aromatic rings. The van der Waals surface area contributed by atoms with Gasteiger partial charge in [-0.3, -0.25) is 4.68 Å². The molecule has 0 radical (unpaired) electrons. The van der Waals surface area contributed by atoms with Crippen molar-refractivity contribution in [3.05, 3.63) is 42.7 Å². The van der Waals surface area contributed by atoms with E-state index in [9.17, 15) is 5.11 Å². The van der Waals surface area contributed by atoms with Gasteiger partial charge in [0, 0.05) is 37.8 Å². The number of rotatable bonds is 6. The first-order valence-electron chi connectivity index (χ1n) is 9.20. The van der Waals surface area contributed by atoms with Crippen LogP contribution in [-0.4, -0.2) is 50.6 Å². The van der Waals surface area contributed by atoms with E-state index in [-0.39, 0.29) is 6.10 Å². The summed E-state index contributed by atoms with van der Waals surface area (Å²) in [5.74, 6) is 1.51. The number of nitrogens with one attached hydrogen (secondary N) is 1. The lowest BCUT2D eigenvalue weighted by atomic mass is 10.1. The number of aliphatic hydroxyl groups excluding tert-OH is 1. The predicted molar refractivity (Wildman–Crippen MR) is 102 cm³/mol. The fourth-order valence-electron chi connectivity index (χ4n) is 3.41. The second kappa shape index (κ2) is 7.70. The summed E-state index contributed by atoms with van der Waals surface area (Å²) >= 11 is 0. The van der Waals surface area contributed by atoms with Gasteiger partial charge in [-0.05, 0) is 31.4 Å². The highest BCUT2D eigenvalue weighted by molar-refractivity contribution is 5.78. The normalized spacial score (nSPS) is 17.6. The third-order valence-corrected chi connectivity index (χ3v) is 4.74. The Morgan fingerprint density at radius 2 is 2.15 bits per heavy atom. The average molecular weight is 352 g/mol. The minimum absolute atomic E-state index is 0.265. The number of para-hydroxylation sites is 1. The van der Waals surface area contributed by atoms with Gasteiger partial charge in [-0.25, -0.2) is 4.98 Å². The Bertz CT molecular complexity index is 864. The van der Waals surface area contributed by atoms with Crippen LogP contribution in [0.4, 0.5) is 11.8 Å². The molecule has 26 heavy (non-hydrogen) atoms. The van der Waals surface area contributed by atoms with Crippen molar-refractivity contribution in [3.8, 4) is 0 Å². The van der Waals surface area contributed by atoms with Crippen LogP contribution in [-0.2, 0) is 6.54 Å². The Balaban J connectivity index is 1.31. The minimum Gasteiger partial charge on any atom is -0.391 e. The fraction of sp³-hybridized carbons (Fsp3) is 0.421. The number of anilines is 2. The van der Waals surface area contributed by atoms with Crippen LogP contribution in [0.2, 0.25) is 0 Å². The number of benzene rings is 1. The zero-order chi connectivity index (χ0) is 17.8. The number of piperidine rings is 1. The summed E-state index contributed by atoms with van der Waals surface area (Å²) in [5.41, 5.74) is 1.16. The summed E-state index contributed by atoms with van der Waals surface area (Å²) in [6.07, 6.45) is 6.20. The topological polar surface area (TPSA) is 79.1 Å². The summed E-state index contributed by atoms with van der Waals surface area (Å²) < 4.78 is 2.03. The number of aliphatic hydroxyl groups is 1. The lowest BCUT2D eigenvalue weighted by molar-refractivity contribution is 0.154. The van der Waals surface area contributed by atoms with Crippen molar-refractivity contribution in [1.29, 1.82) is 0 Å². The van der Waals surface area contributed by atoms with Crippen LogP contribution in [0.3, 0.4) is 0 Å². The van der Waals surface area contributed by atoms with Crippen molar-refractivity contribution in [2.45, 2.75) is 31.9 Å². The van der Waals surface area contributed by atoms with E-state index < -0.39 is 0 Å². The SMILES string of the molecule is O[C@H]1CCCN(c2ccnc(NCCCn3ncc4ccccc43)n2)C1. The van der Waals surface area contributed by atoms with Gasteiger partial charge in [0.25, 0.3) is 0 Å². The molecule has 1 aliphatic heterocycles. The third kappa shape index (κ3) is 3.77. The third-order valence-electron chi connectivity index (χ3n) is 4.74. The molecule has 0 saturated carbocycles. The summed E-state index contributed by atoms with van der Waals surface area (Å²) in [6.45, 7) is 3.20. The van der Waals surface area contributed by atoms with E-state index in [1.165, 1.54) is 5.39 Å².